The Morgan fingerprint density at radius 2 is 1.94 bits per heavy atom. The molecule has 2 unspecified atom stereocenters. The van der Waals surface area contributed by atoms with Crippen LogP contribution < -0.4 is 5.73 Å². The molecule has 0 bridgehead atoms. The first-order valence-corrected chi connectivity index (χ1v) is 6.07. The van der Waals surface area contributed by atoms with E-state index in [0.717, 1.165) is 17.0 Å². The average molecular weight is 242 g/mol. The molecule has 90 valence electrons. The second-order valence-electron chi connectivity index (χ2n) is 4.28. The number of aliphatic hydroxyl groups is 1. The van der Waals surface area contributed by atoms with Crippen LogP contribution in [0.2, 0.25) is 5.02 Å². The molecule has 1 aromatic carbocycles. The number of hydrogen-bond donors (Lipinski definition) is 2. The fourth-order valence-electron chi connectivity index (χ4n) is 2.32. The predicted octanol–water partition coefficient (Wildman–Crippen LogP) is 2.72. The van der Waals surface area contributed by atoms with Crippen molar-refractivity contribution in [3.8, 4) is 0 Å². The zero-order valence-corrected chi connectivity index (χ0v) is 10.7. The molecule has 0 saturated carbocycles. The molecule has 0 aliphatic carbocycles. The Labute approximate surface area is 102 Å². The summed E-state index contributed by atoms with van der Waals surface area (Å²) in [4.78, 5) is 0. The van der Waals surface area contributed by atoms with Gasteiger partial charge in [0.25, 0.3) is 0 Å². The van der Waals surface area contributed by atoms with Crippen LogP contribution in [0.1, 0.15) is 32.3 Å². The summed E-state index contributed by atoms with van der Waals surface area (Å²) in [6.07, 6.45) is 1.59. The fraction of sp³-hybridized carbons (Fsp3) is 0.538. The minimum atomic E-state index is -0.153. The van der Waals surface area contributed by atoms with E-state index in [9.17, 15) is 5.11 Å². The smallest absolute Gasteiger partial charge is 0.0440 e. The van der Waals surface area contributed by atoms with E-state index < -0.39 is 0 Å². The van der Waals surface area contributed by atoms with Crippen LogP contribution in [0.25, 0.3) is 0 Å². The molecule has 0 aliphatic heterocycles. The zero-order valence-electron chi connectivity index (χ0n) is 9.91. The molecular formula is C13H20ClNO. The van der Waals surface area contributed by atoms with Gasteiger partial charge in [0.1, 0.15) is 0 Å². The molecule has 0 spiro atoms. The topological polar surface area (TPSA) is 46.2 Å². The summed E-state index contributed by atoms with van der Waals surface area (Å²) >= 11 is 5.88. The second-order valence-corrected chi connectivity index (χ2v) is 4.72. The first kappa shape index (κ1) is 13.5. The maximum Gasteiger partial charge on any atom is 0.0440 e. The van der Waals surface area contributed by atoms with Gasteiger partial charge >= 0.3 is 0 Å². The van der Waals surface area contributed by atoms with Crippen molar-refractivity contribution >= 4 is 11.6 Å². The molecule has 0 fully saturated rings. The molecule has 0 aromatic heterocycles. The summed E-state index contributed by atoms with van der Waals surface area (Å²) in [5, 5.41) is 9.94. The van der Waals surface area contributed by atoms with E-state index >= 15 is 0 Å². The molecule has 3 N–H and O–H groups in total. The molecule has 3 heteroatoms. The van der Waals surface area contributed by atoms with Crippen molar-refractivity contribution in [2.45, 2.75) is 38.1 Å². The van der Waals surface area contributed by atoms with Gasteiger partial charge in [0, 0.05) is 23.1 Å². The van der Waals surface area contributed by atoms with Crippen LogP contribution in [0.4, 0.5) is 0 Å². The predicted molar refractivity (Wildman–Crippen MR) is 68.8 cm³/mol. The van der Waals surface area contributed by atoms with Crippen molar-refractivity contribution in [2.75, 3.05) is 6.61 Å². The van der Waals surface area contributed by atoms with Crippen molar-refractivity contribution in [1.82, 2.24) is 0 Å². The maximum atomic E-state index is 9.22. The van der Waals surface area contributed by atoms with Crippen molar-refractivity contribution < 1.29 is 5.11 Å². The van der Waals surface area contributed by atoms with Gasteiger partial charge < -0.3 is 10.8 Å². The fourth-order valence-corrected chi connectivity index (χ4v) is 2.45. The van der Waals surface area contributed by atoms with Crippen LogP contribution in [0, 0.1) is 0 Å². The van der Waals surface area contributed by atoms with Crippen LogP contribution in [-0.2, 0) is 5.41 Å². The van der Waals surface area contributed by atoms with E-state index in [2.05, 4.69) is 6.92 Å². The van der Waals surface area contributed by atoms with E-state index in [1.54, 1.807) is 0 Å². The highest BCUT2D eigenvalue weighted by Gasteiger charge is 2.33. The standard InChI is InChI=1S/C13H20ClNO/c1-3-13(8-9-16,10(2)15)11-4-6-12(14)7-5-11/h4-7,10,16H,3,8-9,15H2,1-2H3. The number of nitrogens with two attached hydrogens (primary N) is 1. The first-order chi connectivity index (χ1) is 7.56. The number of rotatable bonds is 5. The lowest BCUT2D eigenvalue weighted by atomic mass is 9.71. The minimum Gasteiger partial charge on any atom is -0.396 e. The molecule has 16 heavy (non-hydrogen) atoms. The molecule has 0 saturated heterocycles. The van der Waals surface area contributed by atoms with Gasteiger partial charge in [-0.1, -0.05) is 30.7 Å². The molecule has 0 amide bonds. The normalized spacial score (nSPS) is 16.8. The van der Waals surface area contributed by atoms with Crippen LogP contribution in [0.5, 0.6) is 0 Å². The van der Waals surface area contributed by atoms with Gasteiger partial charge in [-0.3, -0.25) is 0 Å². The third kappa shape index (κ3) is 2.57. The Bertz CT molecular complexity index is 323. The van der Waals surface area contributed by atoms with Gasteiger partial charge in [-0.25, -0.2) is 0 Å². The molecule has 1 aromatic rings. The average Bonchev–Trinajstić information content (AvgIpc) is 2.27. The van der Waals surface area contributed by atoms with Gasteiger partial charge in [-0.2, -0.15) is 0 Å². The summed E-state index contributed by atoms with van der Waals surface area (Å²) in [6, 6.07) is 7.77. The summed E-state index contributed by atoms with van der Waals surface area (Å²) in [5.74, 6) is 0. The van der Waals surface area contributed by atoms with E-state index in [1.165, 1.54) is 0 Å². The highest BCUT2D eigenvalue weighted by Crippen LogP contribution is 2.34. The molecule has 2 nitrogen and oxygen atoms in total. The number of aliphatic hydroxyl groups excluding tert-OH is 1. The monoisotopic (exact) mass is 241 g/mol. The lowest BCUT2D eigenvalue weighted by molar-refractivity contribution is 0.213. The number of halogens is 1. The Morgan fingerprint density at radius 3 is 2.31 bits per heavy atom. The highest BCUT2D eigenvalue weighted by molar-refractivity contribution is 6.30. The third-order valence-corrected chi connectivity index (χ3v) is 3.73. The lowest BCUT2D eigenvalue weighted by Gasteiger charge is -2.37. The largest absolute Gasteiger partial charge is 0.396 e. The van der Waals surface area contributed by atoms with Crippen LogP contribution >= 0.6 is 11.6 Å². The second kappa shape index (κ2) is 5.67. The van der Waals surface area contributed by atoms with Crippen LogP contribution in [-0.4, -0.2) is 17.8 Å². The summed E-state index contributed by atoms with van der Waals surface area (Å²) in [7, 11) is 0. The van der Waals surface area contributed by atoms with Gasteiger partial charge in [0.05, 0.1) is 0 Å². The highest BCUT2D eigenvalue weighted by atomic mass is 35.5. The van der Waals surface area contributed by atoms with E-state index in [1.807, 2.05) is 31.2 Å². The Balaban J connectivity index is 3.13. The van der Waals surface area contributed by atoms with E-state index in [-0.39, 0.29) is 18.1 Å². The number of hydrogen-bond acceptors (Lipinski definition) is 2. The van der Waals surface area contributed by atoms with Gasteiger partial charge in [0.15, 0.2) is 0 Å². The van der Waals surface area contributed by atoms with Crippen LogP contribution in [0.3, 0.4) is 0 Å². The molecule has 1 rings (SSSR count). The quantitative estimate of drug-likeness (QED) is 0.833. The Morgan fingerprint density at radius 1 is 1.38 bits per heavy atom. The summed E-state index contributed by atoms with van der Waals surface area (Å²) in [6.45, 7) is 4.25. The van der Waals surface area contributed by atoms with Crippen molar-refractivity contribution in [3.05, 3.63) is 34.9 Å². The van der Waals surface area contributed by atoms with Crippen molar-refractivity contribution in [2.24, 2.45) is 5.73 Å². The lowest BCUT2D eigenvalue weighted by Crippen LogP contribution is -2.43. The zero-order chi connectivity index (χ0) is 12.2. The van der Waals surface area contributed by atoms with Crippen molar-refractivity contribution in [1.29, 1.82) is 0 Å². The van der Waals surface area contributed by atoms with Gasteiger partial charge in [0.2, 0.25) is 0 Å². The van der Waals surface area contributed by atoms with Crippen molar-refractivity contribution in [3.63, 3.8) is 0 Å². The molecule has 0 aliphatic rings. The Kier molecular flexibility index (Phi) is 4.78. The van der Waals surface area contributed by atoms with Crippen LogP contribution in [0.15, 0.2) is 24.3 Å². The Hall–Kier alpha value is -0.570. The third-order valence-electron chi connectivity index (χ3n) is 3.48. The maximum absolute atomic E-state index is 9.22. The van der Waals surface area contributed by atoms with Gasteiger partial charge in [-0.15, -0.1) is 0 Å². The SMILES string of the molecule is CCC(CCO)(c1ccc(Cl)cc1)C(C)N. The molecule has 0 heterocycles. The summed E-state index contributed by atoms with van der Waals surface area (Å²) < 4.78 is 0. The van der Waals surface area contributed by atoms with E-state index in [0.29, 0.717) is 6.42 Å². The summed E-state index contributed by atoms with van der Waals surface area (Å²) in [5.41, 5.74) is 7.10. The van der Waals surface area contributed by atoms with E-state index in [4.69, 9.17) is 17.3 Å². The number of benzene rings is 1. The molecule has 2 atom stereocenters. The van der Waals surface area contributed by atoms with Gasteiger partial charge in [-0.05, 0) is 37.5 Å². The first-order valence-electron chi connectivity index (χ1n) is 5.69. The molecular weight excluding hydrogens is 222 g/mol. The molecule has 0 radical (unpaired) electrons. The minimum absolute atomic E-state index is 0.00539.